The Balaban J connectivity index is 1.97. The second-order valence-corrected chi connectivity index (χ2v) is 4.50. The standard InChI is InChI=1S/C14H21N3O2/c1-3-14(18)17-9-7-16(8-10-17)13-11-12(19-4-2)5-6-15-13/h5-6,11H,3-4,7-10H2,1-2H3. The lowest BCUT2D eigenvalue weighted by Crippen LogP contribution is -2.48. The zero-order valence-electron chi connectivity index (χ0n) is 11.6. The fourth-order valence-corrected chi connectivity index (χ4v) is 2.24. The topological polar surface area (TPSA) is 45.7 Å². The van der Waals surface area contributed by atoms with Gasteiger partial charge in [-0.15, -0.1) is 0 Å². The van der Waals surface area contributed by atoms with Crippen molar-refractivity contribution in [3.05, 3.63) is 18.3 Å². The van der Waals surface area contributed by atoms with Gasteiger partial charge in [0, 0.05) is 44.9 Å². The summed E-state index contributed by atoms with van der Waals surface area (Å²) in [7, 11) is 0. The van der Waals surface area contributed by atoms with Crippen LogP contribution in [0, 0.1) is 0 Å². The monoisotopic (exact) mass is 263 g/mol. The number of ether oxygens (including phenoxy) is 1. The summed E-state index contributed by atoms with van der Waals surface area (Å²) >= 11 is 0. The lowest BCUT2D eigenvalue weighted by Gasteiger charge is -2.35. The number of carbonyl (C=O) groups is 1. The molecular weight excluding hydrogens is 242 g/mol. The van der Waals surface area contributed by atoms with E-state index in [2.05, 4.69) is 9.88 Å². The van der Waals surface area contributed by atoms with Crippen LogP contribution in [0.4, 0.5) is 5.82 Å². The number of rotatable bonds is 4. The molecule has 5 nitrogen and oxygen atoms in total. The van der Waals surface area contributed by atoms with Gasteiger partial charge in [0.05, 0.1) is 6.61 Å². The fraction of sp³-hybridized carbons (Fsp3) is 0.571. The zero-order valence-corrected chi connectivity index (χ0v) is 11.6. The highest BCUT2D eigenvalue weighted by Crippen LogP contribution is 2.19. The van der Waals surface area contributed by atoms with Gasteiger partial charge < -0.3 is 14.5 Å². The van der Waals surface area contributed by atoms with Gasteiger partial charge in [-0.1, -0.05) is 6.92 Å². The van der Waals surface area contributed by atoms with Gasteiger partial charge in [0.15, 0.2) is 0 Å². The second kappa shape index (κ2) is 6.41. The van der Waals surface area contributed by atoms with Crippen molar-refractivity contribution in [3.8, 4) is 5.75 Å². The summed E-state index contributed by atoms with van der Waals surface area (Å²) in [5, 5.41) is 0. The quantitative estimate of drug-likeness (QED) is 0.826. The molecule has 0 aliphatic carbocycles. The lowest BCUT2D eigenvalue weighted by atomic mass is 10.2. The molecule has 0 atom stereocenters. The fourth-order valence-electron chi connectivity index (χ4n) is 2.24. The molecule has 1 fully saturated rings. The average molecular weight is 263 g/mol. The second-order valence-electron chi connectivity index (χ2n) is 4.50. The highest BCUT2D eigenvalue weighted by Gasteiger charge is 2.20. The smallest absolute Gasteiger partial charge is 0.222 e. The summed E-state index contributed by atoms with van der Waals surface area (Å²) in [6.07, 6.45) is 2.35. The van der Waals surface area contributed by atoms with Crippen molar-refractivity contribution in [2.24, 2.45) is 0 Å². The number of carbonyl (C=O) groups excluding carboxylic acids is 1. The molecule has 104 valence electrons. The summed E-state index contributed by atoms with van der Waals surface area (Å²) in [6.45, 7) is 7.72. The van der Waals surface area contributed by atoms with Crippen molar-refractivity contribution in [1.29, 1.82) is 0 Å². The van der Waals surface area contributed by atoms with E-state index in [4.69, 9.17) is 4.74 Å². The van der Waals surface area contributed by atoms with Gasteiger partial charge in [-0.3, -0.25) is 4.79 Å². The Labute approximate surface area is 114 Å². The largest absolute Gasteiger partial charge is 0.494 e. The van der Waals surface area contributed by atoms with Crippen molar-refractivity contribution < 1.29 is 9.53 Å². The van der Waals surface area contributed by atoms with E-state index >= 15 is 0 Å². The number of piperazine rings is 1. The number of aromatic nitrogens is 1. The van der Waals surface area contributed by atoms with Gasteiger partial charge in [0.25, 0.3) is 0 Å². The third-order valence-electron chi connectivity index (χ3n) is 3.29. The predicted molar refractivity (Wildman–Crippen MR) is 74.5 cm³/mol. The van der Waals surface area contributed by atoms with E-state index in [9.17, 15) is 4.79 Å². The summed E-state index contributed by atoms with van der Waals surface area (Å²) in [5.41, 5.74) is 0. The van der Waals surface area contributed by atoms with E-state index < -0.39 is 0 Å². The number of anilines is 1. The molecule has 2 heterocycles. The molecule has 0 saturated carbocycles. The minimum absolute atomic E-state index is 0.232. The summed E-state index contributed by atoms with van der Waals surface area (Å²) in [6, 6.07) is 3.82. The first kappa shape index (κ1) is 13.6. The molecule has 1 saturated heterocycles. The molecule has 0 N–H and O–H groups in total. The Bertz CT molecular complexity index is 428. The Morgan fingerprint density at radius 1 is 1.32 bits per heavy atom. The Hall–Kier alpha value is -1.78. The maximum Gasteiger partial charge on any atom is 0.222 e. The predicted octanol–water partition coefficient (Wildman–Crippen LogP) is 1.54. The van der Waals surface area contributed by atoms with Gasteiger partial charge in [-0.05, 0) is 13.0 Å². The van der Waals surface area contributed by atoms with Crippen molar-refractivity contribution in [2.45, 2.75) is 20.3 Å². The van der Waals surface area contributed by atoms with Crippen LogP contribution in [-0.2, 0) is 4.79 Å². The average Bonchev–Trinajstić information content (AvgIpc) is 2.47. The van der Waals surface area contributed by atoms with Gasteiger partial charge in [0.1, 0.15) is 11.6 Å². The van der Waals surface area contributed by atoms with Crippen molar-refractivity contribution in [2.75, 3.05) is 37.7 Å². The maximum absolute atomic E-state index is 11.6. The van der Waals surface area contributed by atoms with Crippen molar-refractivity contribution >= 4 is 11.7 Å². The highest BCUT2D eigenvalue weighted by atomic mass is 16.5. The van der Waals surface area contributed by atoms with Crippen LogP contribution < -0.4 is 9.64 Å². The van der Waals surface area contributed by atoms with Crippen LogP contribution in [0.5, 0.6) is 5.75 Å². The summed E-state index contributed by atoms with van der Waals surface area (Å²) < 4.78 is 5.48. The molecule has 19 heavy (non-hydrogen) atoms. The number of amides is 1. The molecule has 5 heteroatoms. The molecule has 1 aliphatic heterocycles. The SMILES string of the molecule is CCOc1ccnc(N2CCN(C(=O)CC)CC2)c1. The van der Waals surface area contributed by atoms with Crippen LogP contribution in [0.1, 0.15) is 20.3 Å². The molecule has 2 rings (SSSR count). The molecule has 1 aromatic rings. The van der Waals surface area contributed by atoms with E-state index in [1.807, 2.05) is 30.9 Å². The van der Waals surface area contributed by atoms with E-state index in [0.29, 0.717) is 13.0 Å². The normalized spacial score (nSPS) is 15.5. The van der Waals surface area contributed by atoms with Gasteiger partial charge in [-0.2, -0.15) is 0 Å². The first-order chi connectivity index (χ1) is 9.24. The number of hydrogen-bond donors (Lipinski definition) is 0. The lowest BCUT2D eigenvalue weighted by molar-refractivity contribution is -0.131. The first-order valence-electron chi connectivity index (χ1n) is 6.86. The summed E-state index contributed by atoms with van der Waals surface area (Å²) in [4.78, 5) is 20.1. The number of pyridine rings is 1. The Morgan fingerprint density at radius 3 is 2.68 bits per heavy atom. The van der Waals surface area contributed by atoms with Gasteiger partial charge in [-0.25, -0.2) is 4.98 Å². The highest BCUT2D eigenvalue weighted by molar-refractivity contribution is 5.76. The minimum Gasteiger partial charge on any atom is -0.494 e. The molecule has 1 amide bonds. The van der Waals surface area contributed by atoms with E-state index in [1.165, 1.54) is 0 Å². The molecular formula is C14H21N3O2. The molecule has 1 aliphatic rings. The van der Waals surface area contributed by atoms with Crippen molar-refractivity contribution in [3.63, 3.8) is 0 Å². The molecule has 0 aromatic carbocycles. The van der Waals surface area contributed by atoms with Crippen LogP contribution in [0.3, 0.4) is 0 Å². The molecule has 0 unspecified atom stereocenters. The van der Waals surface area contributed by atoms with E-state index in [1.54, 1.807) is 6.20 Å². The number of hydrogen-bond acceptors (Lipinski definition) is 4. The Kier molecular flexibility index (Phi) is 4.60. The molecule has 0 bridgehead atoms. The van der Waals surface area contributed by atoms with E-state index in [-0.39, 0.29) is 5.91 Å². The van der Waals surface area contributed by atoms with Crippen LogP contribution >= 0.6 is 0 Å². The zero-order chi connectivity index (χ0) is 13.7. The third-order valence-corrected chi connectivity index (χ3v) is 3.29. The Morgan fingerprint density at radius 2 is 2.05 bits per heavy atom. The van der Waals surface area contributed by atoms with Crippen LogP contribution in [0.15, 0.2) is 18.3 Å². The van der Waals surface area contributed by atoms with E-state index in [0.717, 1.165) is 37.7 Å². The third kappa shape index (κ3) is 3.36. The van der Waals surface area contributed by atoms with Gasteiger partial charge >= 0.3 is 0 Å². The summed E-state index contributed by atoms with van der Waals surface area (Å²) in [5.74, 6) is 2.00. The minimum atomic E-state index is 0.232. The van der Waals surface area contributed by atoms with Crippen LogP contribution in [0.2, 0.25) is 0 Å². The maximum atomic E-state index is 11.6. The van der Waals surface area contributed by atoms with Gasteiger partial charge in [0.2, 0.25) is 5.91 Å². The molecule has 0 radical (unpaired) electrons. The molecule has 1 aromatic heterocycles. The molecule has 0 spiro atoms. The van der Waals surface area contributed by atoms with Crippen molar-refractivity contribution in [1.82, 2.24) is 9.88 Å². The van der Waals surface area contributed by atoms with Crippen LogP contribution in [-0.4, -0.2) is 48.6 Å². The number of nitrogens with zero attached hydrogens (tertiary/aromatic N) is 3. The first-order valence-corrected chi connectivity index (χ1v) is 6.86. The van der Waals surface area contributed by atoms with Crippen LogP contribution in [0.25, 0.3) is 0 Å².